The van der Waals surface area contributed by atoms with Crippen LogP contribution in [0.4, 0.5) is 5.82 Å². The molecule has 27 heavy (non-hydrogen) atoms. The SMILES string of the molecule is O=C(c1ccc(NCc2ccc(Cl)cc2)nn1)N1CCC2(CC1)OCCO2. The van der Waals surface area contributed by atoms with Gasteiger partial charge in [0.25, 0.3) is 5.91 Å². The Labute approximate surface area is 162 Å². The molecule has 0 saturated carbocycles. The van der Waals surface area contributed by atoms with E-state index in [4.69, 9.17) is 21.1 Å². The Bertz CT molecular complexity index is 782. The van der Waals surface area contributed by atoms with Crippen LogP contribution in [0.25, 0.3) is 0 Å². The van der Waals surface area contributed by atoms with Gasteiger partial charge in [-0.25, -0.2) is 0 Å². The van der Waals surface area contributed by atoms with Crippen LogP contribution in [0.1, 0.15) is 28.9 Å². The first-order chi connectivity index (χ1) is 13.1. The molecule has 2 aliphatic heterocycles. The van der Waals surface area contributed by atoms with Crippen molar-refractivity contribution in [1.29, 1.82) is 0 Å². The Morgan fingerprint density at radius 2 is 1.78 bits per heavy atom. The van der Waals surface area contributed by atoms with Crippen molar-refractivity contribution in [1.82, 2.24) is 15.1 Å². The van der Waals surface area contributed by atoms with E-state index < -0.39 is 5.79 Å². The number of rotatable bonds is 4. The lowest BCUT2D eigenvalue weighted by Gasteiger charge is -2.37. The number of halogens is 1. The maximum atomic E-state index is 12.6. The zero-order chi connectivity index (χ0) is 18.7. The monoisotopic (exact) mass is 388 g/mol. The Morgan fingerprint density at radius 1 is 1.07 bits per heavy atom. The van der Waals surface area contributed by atoms with Gasteiger partial charge < -0.3 is 19.7 Å². The molecule has 1 aromatic heterocycles. The maximum absolute atomic E-state index is 12.6. The van der Waals surface area contributed by atoms with E-state index in [1.54, 1.807) is 17.0 Å². The highest BCUT2D eigenvalue weighted by Crippen LogP contribution is 2.31. The lowest BCUT2D eigenvalue weighted by Crippen LogP contribution is -2.47. The molecular weight excluding hydrogens is 368 g/mol. The van der Waals surface area contributed by atoms with Gasteiger partial charge in [-0.15, -0.1) is 10.2 Å². The lowest BCUT2D eigenvalue weighted by molar-refractivity contribution is -0.181. The maximum Gasteiger partial charge on any atom is 0.274 e. The number of ether oxygens (including phenoxy) is 2. The molecule has 8 heteroatoms. The summed E-state index contributed by atoms with van der Waals surface area (Å²) in [7, 11) is 0. The van der Waals surface area contributed by atoms with E-state index in [9.17, 15) is 4.79 Å². The fraction of sp³-hybridized carbons (Fsp3) is 0.421. The molecule has 7 nitrogen and oxygen atoms in total. The summed E-state index contributed by atoms with van der Waals surface area (Å²) >= 11 is 5.88. The van der Waals surface area contributed by atoms with Gasteiger partial charge in [-0.2, -0.15) is 0 Å². The quantitative estimate of drug-likeness (QED) is 0.867. The number of hydrogen-bond acceptors (Lipinski definition) is 6. The summed E-state index contributed by atoms with van der Waals surface area (Å²) in [5, 5.41) is 12.1. The number of likely N-dealkylation sites (tertiary alicyclic amines) is 1. The number of aromatic nitrogens is 2. The summed E-state index contributed by atoms with van der Waals surface area (Å²) in [6, 6.07) is 11.0. The fourth-order valence-electron chi connectivity index (χ4n) is 3.33. The second-order valence-corrected chi connectivity index (χ2v) is 7.12. The van der Waals surface area contributed by atoms with Gasteiger partial charge in [-0.1, -0.05) is 23.7 Å². The molecule has 2 aliphatic rings. The van der Waals surface area contributed by atoms with Crippen LogP contribution in [-0.4, -0.2) is 53.1 Å². The van der Waals surface area contributed by atoms with Gasteiger partial charge in [0.05, 0.1) is 13.2 Å². The molecule has 0 unspecified atom stereocenters. The minimum Gasteiger partial charge on any atom is -0.365 e. The number of carbonyl (C=O) groups excluding carboxylic acids is 1. The van der Waals surface area contributed by atoms with Crippen molar-refractivity contribution in [2.45, 2.75) is 25.2 Å². The Hall–Kier alpha value is -2.22. The number of hydrogen-bond donors (Lipinski definition) is 1. The van der Waals surface area contributed by atoms with Crippen LogP contribution in [0, 0.1) is 0 Å². The van der Waals surface area contributed by atoms with Crippen LogP contribution in [0.5, 0.6) is 0 Å². The van der Waals surface area contributed by atoms with E-state index in [1.165, 1.54) is 0 Å². The second kappa shape index (κ2) is 7.80. The Kier molecular flexibility index (Phi) is 5.24. The zero-order valence-corrected chi connectivity index (χ0v) is 15.6. The number of benzene rings is 1. The average Bonchev–Trinajstić information content (AvgIpc) is 3.16. The molecule has 0 atom stereocenters. The summed E-state index contributed by atoms with van der Waals surface area (Å²) in [5.41, 5.74) is 1.43. The van der Waals surface area contributed by atoms with Crippen LogP contribution in [0.15, 0.2) is 36.4 Å². The van der Waals surface area contributed by atoms with Crippen molar-refractivity contribution in [3.05, 3.63) is 52.7 Å². The molecule has 1 aromatic carbocycles. The predicted octanol–water partition coefficient (Wildman–Crippen LogP) is 2.72. The number of amides is 1. The Balaban J connectivity index is 1.31. The van der Waals surface area contributed by atoms with E-state index in [0.717, 1.165) is 5.56 Å². The molecule has 2 saturated heterocycles. The van der Waals surface area contributed by atoms with Gasteiger partial charge >= 0.3 is 0 Å². The van der Waals surface area contributed by atoms with Gasteiger partial charge in [0, 0.05) is 37.5 Å². The smallest absolute Gasteiger partial charge is 0.274 e. The molecule has 1 amide bonds. The van der Waals surface area contributed by atoms with Gasteiger partial charge in [0.1, 0.15) is 5.82 Å². The third-order valence-corrected chi connectivity index (χ3v) is 5.15. The molecule has 4 rings (SSSR count). The molecular formula is C19H21ClN4O3. The average molecular weight is 389 g/mol. The van der Waals surface area contributed by atoms with Crippen molar-refractivity contribution in [2.24, 2.45) is 0 Å². The fourth-order valence-corrected chi connectivity index (χ4v) is 3.46. The van der Waals surface area contributed by atoms with E-state index in [0.29, 0.717) is 62.2 Å². The van der Waals surface area contributed by atoms with Crippen molar-refractivity contribution >= 4 is 23.3 Å². The highest BCUT2D eigenvalue weighted by Gasteiger charge is 2.41. The normalized spacial score (nSPS) is 18.6. The van der Waals surface area contributed by atoms with E-state index in [1.807, 2.05) is 24.3 Å². The topological polar surface area (TPSA) is 76.6 Å². The molecule has 142 valence electrons. The van der Waals surface area contributed by atoms with Crippen molar-refractivity contribution in [2.75, 3.05) is 31.6 Å². The molecule has 1 spiro atoms. The molecule has 3 heterocycles. The summed E-state index contributed by atoms with van der Waals surface area (Å²) < 4.78 is 11.4. The minimum absolute atomic E-state index is 0.111. The number of nitrogens with zero attached hydrogens (tertiary/aromatic N) is 3. The van der Waals surface area contributed by atoms with Crippen molar-refractivity contribution < 1.29 is 14.3 Å². The van der Waals surface area contributed by atoms with Crippen molar-refractivity contribution in [3.63, 3.8) is 0 Å². The van der Waals surface area contributed by atoms with Gasteiger partial charge in [0.15, 0.2) is 11.5 Å². The molecule has 0 bridgehead atoms. The molecule has 0 radical (unpaired) electrons. The molecule has 2 fully saturated rings. The third kappa shape index (κ3) is 4.21. The lowest BCUT2D eigenvalue weighted by atomic mass is 10.0. The van der Waals surface area contributed by atoms with Crippen molar-refractivity contribution in [3.8, 4) is 0 Å². The van der Waals surface area contributed by atoms with E-state index in [-0.39, 0.29) is 5.91 Å². The number of anilines is 1. The zero-order valence-electron chi connectivity index (χ0n) is 14.9. The van der Waals surface area contributed by atoms with Crippen LogP contribution in [0.3, 0.4) is 0 Å². The third-order valence-electron chi connectivity index (χ3n) is 4.90. The summed E-state index contributed by atoms with van der Waals surface area (Å²) in [6.07, 6.45) is 1.37. The Morgan fingerprint density at radius 3 is 2.41 bits per heavy atom. The molecule has 0 aliphatic carbocycles. The van der Waals surface area contributed by atoms with Crippen LogP contribution in [-0.2, 0) is 16.0 Å². The highest BCUT2D eigenvalue weighted by molar-refractivity contribution is 6.30. The standard InChI is InChI=1S/C19H21ClN4O3/c20-15-3-1-14(2-4-15)13-21-17-6-5-16(22-23-17)18(25)24-9-7-19(8-10-24)26-11-12-27-19/h1-6H,7-13H2,(H,21,23). The summed E-state index contributed by atoms with van der Waals surface area (Å²) in [5.74, 6) is 0.0178. The van der Waals surface area contributed by atoms with E-state index >= 15 is 0 Å². The van der Waals surface area contributed by atoms with Gasteiger partial charge in [-0.3, -0.25) is 4.79 Å². The molecule has 2 aromatic rings. The van der Waals surface area contributed by atoms with Gasteiger partial charge in [0.2, 0.25) is 0 Å². The predicted molar refractivity (Wildman–Crippen MR) is 101 cm³/mol. The van der Waals surface area contributed by atoms with E-state index in [2.05, 4.69) is 15.5 Å². The largest absolute Gasteiger partial charge is 0.365 e. The number of piperidine rings is 1. The minimum atomic E-state index is -0.488. The first kappa shape index (κ1) is 18.2. The first-order valence-corrected chi connectivity index (χ1v) is 9.41. The van der Waals surface area contributed by atoms with Crippen LogP contribution in [0.2, 0.25) is 5.02 Å². The van der Waals surface area contributed by atoms with Crippen LogP contribution >= 0.6 is 11.6 Å². The number of carbonyl (C=O) groups is 1. The summed E-state index contributed by atoms with van der Waals surface area (Å²) in [4.78, 5) is 14.4. The second-order valence-electron chi connectivity index (χ2n) is 6.68. The van der Waals surface area contributed by atoms with Gasteiger partial charge in [-0.05, 0) is 29.8 Å². The highest BCUT2D eigenvalue weighted by atomic mass is 35.5. The van der Waals surface area contributed by atoms with Crippen LogP contribution < -0.4 is 5.32 Å². The number of nitrogens with one attached hydrogen (secondary N) is 1. The summed E-state index contributed by atoms with van der Waals surface area (Å²) in [6.45, 7) is 3.05. The molecule has 1 N–H and O–H groups in total. The first-order valence-electron chi connectivity index (χ1n) is 9.03.